The first-order chi connectivity index (χ1) is 17.3. The van der Waals surface area contributed by atoms with E-state index in [9.17, 15) is 14.8 Å². The van der Waals surface area contributed by atoms with Crippen LogP contribution in [0.15, 0.2) is 60.8 Å². The highest BCUT2D eigenvalue weighted by atomic mass is 16.5. The minimum atomic E-state index is -1.14. The summed E-state index contributed by atoms with van der Waals surface area (Å²) in [7, 11) is 3.06. The highest BCUT2D eigenvalue weighted by molar-refractivity contribution is 5.95. The zero-order chi connectivity index (χ0) is 26.1. The Kier molecular flexibility index (Phi) is 9.10. The van der Waals surface area contributed by atoms with Crippen molar-refractivity contribution in [1.29, 1.82) is 0 Å². The third kappa shape index (κ3) is 6.88. The van der Waals surface area contributed by atoms with Crippen molar-refractivity contribution in [2.45, 2.75) is 26.3 Å². The highest BCUT2D eigenvalue weighted by Gasteiger charge is 2.22. The predicted octanol–water partition coefficient (Wildman–Crippen LogP) is 3.38. The van der Waals surface area contributed by atoms with Gasteiger partial charge in [0.1, 0.15) is 18.0 Å². The van der Waals surface area contributed by atoms with Gasteiger partial charge in [0.25, 0.3) is 5.91 Å². The normalized spacial score (nSPS) is 10.5. The minimum Gasteiger partial charge on any atom is -0.618 e. The van der Waals surface area contributed by atoms with Crippen molar-refractivity contribution in [3.05, 3.63) is 88.4 Å². The van der Waals surface area contributed by atoms with Crippen LogP contribution in [0.3, 0.4) is 0 Å². The number of carboxylic acids is 1. The number of ether oxygens (including phenoxy) is 3. The average Bonchev–Trinajstić information content (AvgIpc) is 2.88. The third-order valence-corrected chi connectivity index (χ3v) is 5.71. The Labute approximate surface area is 210 Å². The SMILES string of the molecule is COc1cc(C(=O)N(CCCc2ccccc2)Cc2ccc(OCC(=O)O)c[n+]2[O-])cc(OC)c1C. The highest BCUT2D eigenvalue weighted by Crippen LogP contribution is 2.30. The van der Waals surface area contributed by atoms with Crippen molar-refractivity contribution < 1.29 is 33.6 Å². The number of aliphatic carboxylic acids is 1. The fourth-order valence-corrected chi connectivity index (χ4v) is 3.80. The van der Waals surface area contributed by atoms with Crippen molar-refractivity contribution in [3.8, 4) is 17.2 Å². The molecule has 1 amide bonds. The average molecular weight is 495 g/mol. The summed E-state index contributed by atoms with van der Waals surface area (Å²) in [6.45, 7) is 1.75. The van der Waals surface area contributed by atoms with Crippen molar-refractivity contribution >= 4 is 11.9 Å². The standard InChI is InChI=1S/C27H30N2O7/c1-19-24(34-2)14-21(15-25(19)35-3)27(32)28(13-7-10-20-8-5-4-6-9-20)16-22-11-12-23(17-29(22)33)36-18-26(30)31/h4-6,8-9,11-12,14-15,17H,7,10,13,16,18H2,1-3H3,(H,30,31). The Bertz CT molecular complexity index is 1170. The quantitative estimate of drug-likeness (QED) is 0.303. The van der Waals surface area contributed by atoms with Crippen molar-refractivity contribution in [2.24, 2.45) is 0 Å². The predicted molar refractivity (Wildman–Crippen MR) is 132 cm³/mol. The summed E-state index contributed by atoms with van der Waals surface area (Å²) in [6, 6.07) is 16.3. The molecule has 0 saturated carbocycles. The van der Waals surface area contributed by atoms with E-state index >= 15 is 0 Å². The number of rotatable bonds is 12. The van der Waals surface area contributed by atoms with E-state index in [0.29, 0.717) is 40.5 Å². The summed E-state index contributed by atoms with van der Waals surface area (Å²) >= 11 is 0. The molecule has 0 unspecified atom stereocenters. The van der Waals surface area contributed by atoms with E-state index in [2.05, 4.69) is 0 Å². The van der Waals surface area contributed by atoms with Crippen LogP contribution in [0.25, 0.3) is 0 Å². The summed E-state index contributed by atoms with van der Waals surface area (Å²) in [5.74, 6) is -0.228. The second kappa shape index (κ2) is 12.4. The number of methoxy groups -OCH3 is 2. The molecule has 36 heavy (non-hydrogen) atoms. The third-order valence-electron chi connectivity index (χ3n) is 5.71. The molecular formula is C27H30N2O7. The van der Waals surface area contributed by atoms with E-state index < -0.39 is 12.6 Å². The number of amides is 1. The number of hydrogen-bond donors (Lipinski definition) is 1. The number of carbonyl (C=O) groups excluding carboxylic acids is 1. The molecule has 0 spiro atoms. The second-order valence-electron chi connectivity index (χ2n) is 8.19. The van der Waals surface area contributed by atoms with Gasteiger partial charge in [0.05, 0.1) is 14.2 Å². The maximum atomic E-state index is 13.6. The number of aryl methyl sites for hydroxylation is 1. The van der Waals surface area contributed by atoms with Crippen LogP contribution in [0.5, 0.6) is 17.2 Å². The molecule has 1 aromatic heterocycles. The van der Waals surface area contributed by atoms with Gasteiger partial charge < -0.3 is 29.4 Å². The molecule has 0 fully saturated rings. The number of benzene rings is 2. The van der Waals surface area contributed by atoms with Crippen LogP contribution in [-0.4, -0.2) is 49.3 Å². The Morgan fingerprint density at radius 2 is 1.69 bits per heavy atom. The van der Waals surface area contributed by atoms with E-state index in [1.807, 2.05) is 37.3 Å². The number of pyridine rings is 1. The first kappa shape index (κ1) is 26.3. The molecule has 190 valence electrons. The lowest BCUT2D eigenvalue weighted by atomic mass is 10.1. The van der Waals surface area contributed by atoms with Crippen molar-refractivity contribution in [1.82, 2.24) is 4.90 Å². The lowest BCUT2D eigenvalue weighted by Gasteiger charge is -2.23. The molecule has 3 aromatic rings. The number of hydrogen-bond acceptors (Lipinski definition) is 6. The first-order valence-electron chi connectivity index (χ1n) is 11.4. The van der Waals surface area contributed by atoms with Gasteiger partial charge in [-0.05, 0) is 43.5 Å². The fraction of sp³-hybridized carbons (Fsp3) is 0.296. The summed E-state index contributed by atoms with van der Waals surface area (Å²) in [5.41, 5.74) is 2.63. The zero-order valence-electron chi connectivity index (χ0n) is 20.6. The Morgan fingerprint density at radius 1 is 1.03 bits per heavy atom. The van der Waals surface area contributed by atoms with E-state index in [0.717, 1.165) is 23.7 Å². The molecule has 0 aliphatic carbocycles. The van der Waals surface area contributed by atoms with Gasteiger partial charge in [0.2, 0.25) is 11.9 Å². The van der Waals surface area contributed by atoms with Crippen molar-refractivity contribution in [3.63, 3.8) is 0 Å². The summed E-state index contributed by atoms with van der Waals surface area (Å²) in [4.78, 5) is 25.9. The van der Waals surface area contributed by atoms with Crippen molar-refractivity contribution in [2.75, 3.05) is 27.4 Å². The molecule has 9 heteroatoms. The number of nitrogens with zero attached hydrogens (tertiary/aromatic N) is 2. The summed E-state index contributed by atoms with van der Waals surface area (Å²) < 4.78 is 16.5. The monoisotopic (exact) mass is 494 g/mol. The van der Waals surface area contributed by atoms with E-state index in [-0.39, 0.29) is 18.2 Å². The van der Waals surface area contributed by atoms with E-state index in [1.165, 1.54) is 26.4 Å². The molecule has 0 atom stereocenters. The lowest BCUT2D eigenvalue weighted by Crippen LogP contribution is -2.39. The van der Waals surface area contributed by atoms with E-state index in [1.54, 1.807) is 17.0 Å². The number of carbonyl (C=O) groups is 2. The van der Waals surface area contributed by atoms with Gasteiger partial charge in [0.15, 0.2) is 12.4 Å². The van der Waals surface area contributed by atoms with E-state index in [4.69, 9.17) is 19.3 Å². The molecule has 0 radical (unpaired) electrons. The van der Waals surface area contributed by atoms with Crippen LogP contribution < -0.4 is 18.9 Å². The summed E-state index contributed by atoms with van der Waals surface area (Å²) in [6.07, 6.45) is 2.61. The molecule has 0 aliphatic heterocycles. The van der Waals surface area contributed by atoms with Crippen LogP contribution in [0, 0.1) is 12.1 Å². The number of aromatic nitrogens is 1. The largest absolute Gasteiger partial charge is 0.618 e. The molecule has 0 saturated heterocycles. The van der Waals surface area contributed by atoms with Gasteiger partial charge in [-0.1, -0.05) is 30.3 Å². The van der Waals surface area contributed by atoms with Crippen LogP contribution in [0.1, 0.15) is 33.6 Å². The molecule has 2 aromatic carbocycles. The maximum absolute atomic E-state index is 13.6. The number of carboxylic acid groups (broad SMARTS) is 1. The van der Waals surface area contributed by atoms with Crippen LogP contribution in [-0.2, 0) is 17.8 Å². The van der Waals surface area contributed by atoms with Gasteiger partial charge in [-0.2, -0.15) is 4.73 Å². The van der Waals surface area contributed by atoms with Gasteiger partial charge in [-0.25, -0.2) is 4.79 Å². The zero-order valence-corrected chi connectivity index (χ0v) is 20.6. The first-order valence-corrected chi connectivity index (χ1v) is 11.4. The smallest absolute Gasteiger partial charge is 0.341 e. The Balaban J connectivity index is 1.85. The molecule has 1 heterocycles. The second-order valence-corrected chi connectivity index (χ2v) is 8.19. The van der Waals surface area contributed by atoms with Crippen LogP contribution in [0.4, 0.5) is 0 Å². The lowest BCUT2D eigenvalue weighted by molar-refractivity contribution is -0.615. The van der Waals surface area contributed by atoms with Crippen LogP contribution in [0.2, 0.25) is 0 Å². The topological polar surface area (TPSA) is 112 Å². The molecule has 0 bridgehead atoms. The molecular weight excluding hydrogens is 464 g/mol. The van der Waals surface area contributed by atoms with Crippen LogP contribution >= 0.6 is 0 Å². The van der Waals surface area contributed by atoms with Gasteiger partial charge in [-0.15, -0.1) is 0 Å². The molecule has 0 aliphatic rings. The molecule has 9 nitrogen and oxygen atoms in total. The van der Waals surface area contributed by atoms with Gasteiger partial charge in [-0.3, -0.25) is 4.79 Å². The van der Waals surface area contributed by atoms with Gasteiger partial charge in [0, 0.05) is 23.7 Å². The fourth-order valence-electron chi connectivity index (χ4n) is 3.80. The maximum Gasteiger partial charge on any atom is 0.341 e. The Morgan fingerprint density at radius 3 is 2.28 bits per heavy atom. The molecule has 3 rings (SSSR count). The minimum absolute atomic E-state index is 0.0504. The molecule has 1 N–H and O–H groups in total. The Hall–Kier alpha value is -4.27. The summed E-state index contributed by atoms with van der Waals surface area (Å²) in [5, 5.41) is 21.4. The van der Waals surface area contributed by atoms with Gasteiger partial charge >= 0.3 is 5.97 Å².